The van der Waals surface area contributed by atoms with E-state index < -0.39 is 65.5 Å². The Hall–Kier alpha value is -6.29. The standard InChI is InChI=1S/C42H54FN9O6/c1-25(2)19-28(21-31(53)24-49-40(57)36(20-26-9-4-3-5-10-26)52-38(55)27-14-16-30(43)17-15-27)39(56)50-34(13-8-18-47-42(45)46)41(58)51-35(37(44)54)22-29-23-48-33-12-7-6-11-32(29)33/h3-7,9-12,14-17,23,25,28,31,34-36,48,53H,8,13,18-22,24H2,1-2H3,(H2,44,54)(H,49,57)(H,50,56)(H,51,58)(H,52,55)(H4,45,46,47)/t28-,31-,34+,35+,36+/m1/s1. The number of aliphatic imine (C=N–C) groups is 1. The van der Waals surface area contributed by atoms with Gasteiger partial charge in [-0.05, 0) is 73.1 Å². The Kier molecular flexibility index (Phi) is 16.7. The molecule has 0 fully saturated rings. The highest BCUT2D eigenvalue weighted by molar-refractivity contribution is 5.97. The Bertz CT molecular complexity index is 2020. The van der Waals surface area contributed by atoms with Crippen molar-refractivity contribution in [3.8, 4) is 0 Å². The molecule has 3 aromatic carbocycles. The molecule has 0 bridgehead atoms. The van der Waals surface area contributed by atoms with Crippen molar-refractivity contribution in [1.29, 1.82) is 0 Å². The average molecular weight is 800 g/mol. The fourth-order valence-corrected chi connectivity index (χ4v) is 6.61. The summed E-state index contributed by atoms with van der Waals surface area (Å²) < 4.78 is 13.5. The molecule has 0 aliphatic rings. The van der Waals surface area contributed by atoms with E-state index in [1.54, 1.807) is 30.5 Å². The van der Waals surface area contributed by atoms with E-state index in [1.165, 1.54) is 12.1 Å². The quantitative estimate of drug-likeness (QED) is 0.0322. The number of aliphatic hydroxyl groups is 1. The van der Waals surface area contributed by atoms with Crippen LogP contribution in [0, 0.1) is 17.7 Å². The number of primary amides is 1. The van der Waals surface area contributed by atoms with E-state index in [0.29, 0.717) is 12.8 Å². The Balaban J connectivity index is 1.43. The number of hydrogen-bond acceptors (Lipinski definition) is 7. The number of H-pyrrole nitrogens is 1. The molecule has 58 heavy (non-hydrogen) atoms. The molecular formula is C42H54FN9O6. The monoisotopic (exact) mass is 799 g/mol. The maximum Gasteiger partial charge on any atom is 0.251 e. The molecule has 5 amide bonds. The van der Waals surface area contributed by atoms with Crippen LogP contribution in [0.2, 0.25) is 0 Å². The van der Waals surface area contributed by atoms with E-state index in [1.807, 2.05) is 44.2 Å². The van der Waals surface area contributed by atoms with Gasteiger partial charge in [-0.3, -0.25) is 29.0 Å². The number of nitrogens with two attached hydrogens (primary N) is 3. The molecule has 12 N–H and O–H groups in total. The van der Waals surface area contributed by atoms with Crippen molar-refractivity contribution in [3.05, 3.63) is 108 Å². The zero-order valence-electron chi connectivity index (χ0n) is 32.7. The predicted octanol–water partition coefficient (Wildman–Crippen LogP) is 1.93. The van der Waals surface area contributed by atoms with Crippen molar-refractivity contribution in [2.24, 2.45) is 34.0 Å². The summed E-state index contributed by atoms with van der Waals surface area (Å²) in [6.07, 6.45) is 1.51. The first-order valence-corrected chi connectivity index (χ1v) is 19.3. The lowest BCUT2D eigenvalue weighted by Gasteiger charge is -2.26. The normalized spacial score (nSPS) is 13.7. The molecule has 1 aromatic heterocycles. The van der Waals surface area contributed by atoms with Crippen LogP contribution in [-0.4, -0.2) is 82.9 Å². The van der Waals surface area contributed by atoms with Gasteiger partial charge in [0.05, 0.1) is 6.10 Å². The van der Waals surface area contributed by atoms with E-state index in [4.69, 9.17) is 17.2 Å². The van der Waals surface area contributed by atoms with Crippen molar-refractivity contribution in [2.75, 3.05) is 13.1 Å². The van der Waals surface area contributed by atoms with Gasteiger partial charge in [-0.15, -0.1) is 0 Å². The number of amides is 5. The minimum Gasteiger partial charge on any atom is -0.391 e. The molecule has 5 atom stereocenters. The third-order valence-corrected chi connectivity index (χ3v) is 9.54. The number of para-hydroxylation sites is 1. The molecule has 15 nitrogen and oxygen atoms in total. The minimum atomic E-state index is -1.19. The number of benzene rings is 3. The Morgan fingerprint density at radius 1 is 0.776 bits per heavy atom. The number of nitrogens with zero attached hydrogens (tertiary/aromatic N) is 1. The molecule has 16 heteroatoms. The predicted molar refractivity (Wildman–Crippen MR) is 219 cm³/mol. The highest BCUT2D eigenvalue weighted by atomic mass is 19.1. The summed E-state index contributed by atoms with van der Waals surface area (Å²) in [4.78, 5) is 73.8. The van der Waals surface area contributed by atoms with Crippen LogP contribution in [-0.2, 0) is 32.0 Å². The van der Waals surface area contributed by atoms with E-state index in [0.717, 1.165) is 34.2 Å². The molecule has 0 saturated carbocycles. The van der Waals surface area contributed by atoms with Gasteiger partial charge >= 0.3 is 0 Å². The topological polar surface area (TPSA) is 260 Å². The summed E-state index contributed by atoms with van der Waals surface area (Å²) >= 11 is 0. The van der Waals surface area contributed by atoms with Crippen molar-refractivity contribution in [3.63, 3.8) is 0 Å². The number of guanidine groups is 1. The van der Waals surface area contributed by atoms with Gasteiger partial charge in [0.2, 0.25) is 23.6 Å². The number of carbonyl (C=O) groups is 5. The third kappa shape index (κ3) is 14.0. The number of rotatable bonds is 22. The number of hydrogen-bond donors (Lipinski definition) is 9. The van der Waals surface area contributed by atoms with Gasteiger partial charge in [0.15, 0.2) is 5.96 Å². The molecule has 0 saturated heterocycles. The first kappa shape index (κ1) is 44.4. The summed E-state index contributed by atoms with van der Waals surface area (Å²) in [6.45, 7) is 3.76. The lowest BCUT2D eigenvalue weighted by Crippen LogP contribution is -2.54. The van der Waals surface area contributed by atoms with Crippen LogP contribution < -0.4 is 38.5 Å². The van der Waals surface area contributed by atoms with Gasteiger partial charge in [-0.1, -0.05) is 62.4 Å². The largest absolute Gasteiger partial charge is 0.391 e. The van der Waals surface area contributed by atoms with E-state index >= 15 is 0 Å². The number of carbonyl (C=O) groups excluding carboxylic acids is 5. The molecule has 0 unspecified atom stereocenters. The Labute approximate surface area is 336 Å². The van der Waals surface area contributed by atoms with Crippen molar-refractivity contribution >= 4 is 46.4 Å². The van der Waals surface area contributed by atoms with Gasteiger partial charge in [-0.2, -0.15) is 0 Å². The zero-order valence-corrected chi connectivity index (χ0v) is 32.7. The first-order chi connectivity index (χ1) is 27.7. The number of halogens is 1. The smallest absolute Gasteiger partial charge is 0.251 e. The molecule has 310 valence electrons. The summed E-state index contributed by atoms with van der Waals surface area (Å²) in [5.41, 5.74) is 19.2. The fourth-order valence-electron chi connectivity index (χ4n) is 6.61. The van der Waals surface area contributed by atoms with Gasteiger partial charge in [0, 0.05) is 54.5 Å². The molecule has 0 radical (unpaired) electrons. The second kappa shape index (κ2) is 21.9. The lowest BCUT2D eigenvalue weighted by molar-refractivity contribution is -0.133. The highest BCUT2D eigenvalue weighted by Crippen LogP contribution is 2.21. The van der Waals surface area contributed by atoms with Crippen LogP contribution in [0.3, 0.4) is 0 Å². The zero-order chi connectivity index (χ0) is 42.2. The average Bonchev–Trinajstić information content (AvgIpc) is 3.60. The maximum absolute atomic E-state index is 13.9. The summed E-state index contributed by atoms with van der Waals surface area (Å²) in [5, 5.41) is 22.9. The molecule has 0 aliphatic heterocycles. The Morgan fingerprint density at radius 2 is 1.45 bits per heavy atom. The second-order valence-corrected chi connectivity index (χ2v) is 14.7. The molecule has 0 spiro atoms. The van der Waals surface area contributed by atoms with Crippen LogP contribution >= 0.6 is 0 Å². The highest BCUT2D eigenvalue weighted by Gasteiger charge is 2.31. The number of aliphatic hydroxyl groups excluding tert-OH is 1. The number of aromatic nitrogens is 1. The van der Waals surface area contributed by atoms with Crippen LogP contribution in [0.25, 0.3) is 10.9 Å². The summed E-state index contributed by atoms with van der Waals surface area (Å²) in [5.74, 6) is -4.46. The first-order valence-electron chi connectivity index (χ1n) is 19.3. The van der Waals surface area contributed by atoms with Gasteiger partial charge in [0.1, 0.15) is 23.9 Å². The van der Waals surface area contributed by atoms with Crippen LogP contribution in [0.5, 0.6) is 0 Å². The van der Waals surface area contributed by atoms with Crippen LogP contribution in [0.15, 0.2) is 90.1 Å². The minimum absolute atomic E-state index is 0.0130. The maximum atomic E-state index is 13.9. The van der Waals surface area contributed by atoms with Gasteiger partial charge in [0.25, 0.3) is 5.91 Å². The van der Waals surface area contributed by atoms with E-state index in [2.05, 4.69) is 31.2 Å². The fraction of sp³-hybridized carbons (Fsp3) is 0.381. The Morgan fingerprint density at radius 3 is 2.12 bits per heavy atom. The SMILES string of the molecule is CC(C)C[C@H](C[C@@H](O)CNC(=O)[C@H](Cc1ccccc1)NC(=O)c1ccc(F)cc1)C(=O)N[C@@H](CCCN=C(N)N)C(=O)N[C@@H](Cc1c[nH]c2ccccc12)C(N)=O. The van der Waals surface area contributed by atoms with Crippen LogP contribution in [0.1, 0.15) is 61.0 Å². The molecule has 4 rings (SSSR count). The van der Waals surface area contributed by atoms with E-state index in [-0.39, 0.29) is 56.2 Å². The van der Waals surface area contributed by atoms with Crippen molar-refractivity contribution < 1.29 is 33.5 Å². The van der Waals surface area contributed by atoms with Gasteiger partial charge in [-0.25, -0.2) is 4.39 Å². The third-order valence-electron chi connectivity index (χ3n) is 9.54. The number of nitrogens with one attached hydrogen (secondary N) is 5. The molecule has 1 heterocycles. The molecule has 4 aromatic rings. The lowest BCUT2D eigenvalue weighted by atomic mass is 9.90. The summed E-state index contributed by atoms with van der Waals surface area (Å²) in [7, 11) is 0. The second-order valence-electron chi connectivity index (χ2n) is 14.7. The summed E-state index contributed by atoms with van der Waals surface area (Å²) in [6, 6.07) is 18.2. The van der Waals surface area contributed by atoms with E-state index in [9.17, 15) is 33.5 Å². The van der Waals surface area contributed by atoms with Gasteiger partial charge < -0.3 is 48.6 Å². The number of fused-ring (bicyclic) bond motifs is 1. The molecular weight excluding hydrogens is 746 g/mol. The van der Waals surface area contributed by atoms with Crippen LogP contribution in [0.4, 0.5) is 4.39 Å². The molecule has 0 aliphatic carbocycles. The van der Waals surface area contributed by atoms with Crippen molar-refractivity contribution in [2.45, 2.75) is 76.6 Å². The van der Waals surface area contributed by atoms with Crippen molar-refractivity contribution in [1.82, 2.24) is 26.3 Å². The number of aromatic amines is 1.